The van der Waals surface area contributed by atoms with Crippen molar-refractivity contribution in [3.8, 4) is 17.6 Å². The van der Waals surface area contributed by atoms with Gasteiger partial charge in [-0.3, -0.25) is 4.72 Å². The van der Waals surface area contributed by atoms with Crippen molar-refractivity contribution < 1.29 is 17.5 Å². The molecule has 0 bridgehead atoms. The minimum atomic E-state index is -4.06. The van der Waals surface area contributed by atoms with Crippen LogP contribution in [0.4, 0.5) is 15.9 Å². The molecule has 0 aliphatic carbocycles. The zero-order valence-corrected chi connectivity index (χ0v) is 16.0. The first-order valence-corrected chi connectivity index (χ1v) is 9.72. The number of aromatic nitrogens is 1. The van der Waals surface area contributed by atoms with E-state index < -0.39 is 15.8 Å². The summed E-state index contributed by atoms with van der Waals surface area (Å²) in [6.07, 6.45) is 0.875. The van der Waals surface area contributed by atoms with E-state index in [9.17, 15) is 18.1 Å². The van der Waals surface area contributed by atoms with Gasteiger partial charge in [0.2, 0.25) is 5.69 Å². The van der Waals surface area contributed by atoms with E-state index in [2.05, 4.69) is 14.6 Å². The average Bonchev–Trinajstić information content (AvgIpc) is 2.70. The molecule has 29 heavy (non-hydrogen) atoms. The van der Waals surface area contributed by atoms with Crippen molar-refractivity contribution in [1.29, 1.82) is 5.26 Å². The maximum absolute atomic E-state index is 12.9. The Morgan fingerprint density at radius 3 is 2.62 bits per heavy atom. The lowest BCUT2D eigenvalue weighted by Crippen LogP contribution is -2.14. The summed E-state index contributed by atoms with van der Waals surface area (Å²) in [5.74, 6) is -0.286. The maximum Gasteiger partial charge on any atom is 0.263 e. The van der Waals surface area contributed by atoms with Gasteiger partial charge in [-0.05, 0) is 42.5 Å². The van der Waals surface area contributed by atoms with Gasteiger partial charge in [-0.1, -0.05) is 17.7 Å². The highest BCUT2D eigenvalue weighted by Crippen LogP contribution is 2.33. The third kappa shape index (κ3) is 4.61. The molecule has 144 valence electrons. The molecule has 1 aromatic heterocycles. The van der Waals surface area contributed by atoms with E-state index in [0.717, 1.165) is 18.3 Å². The monoisotopic (exact) mass is 428 g/mol. The first-order valence-electron chi connectivity index (χ1n) is 7.86. The molecule has 0 spiro atoms. The zero-order valence-electron chi connectivity index (χ0n) is 14.4. The molecule has 3 rings (SSSR count). The molecule has 0 saturated heterocycles. The number of hydrogen-bond acceptors (Lipinski definition) is 5. The molecule has 0 atom stereocenters. The van der Waals surface area contributed by atoms with E-state index in [4.69, 9.17) is 22.9 Å². The number of nitrogens with zero attached hydrogens (tertiary/aromatic N) is 3. The average molecular weight is 429 g/mol. The third-order valence-electron chi connectivity index (χ3n) is 3.62. The highest BCUT2D eigenvalue weighted by molar-refractivity contribution is 7.92. The van der Waals surface area contributed by atoms with Gasteiger partial charge in [0.05, 0.1) is 28.3 Å². The number of pyridine rings is 1. The molecule has 1 N–H and O–H groups in total. The highest BCUT2D eigenvalue weighted by atomic mass is 35.5. The second kappa shape index (κ2) is 8.15. The van der Waals surface area contributed by atoms with E-state index in [0.29, 0.717) is 0 Å². The fraction of sp³-hybridized carbons (Fsp3) is 0. The van der Waals surface area contributed by atoms with Crippen molar-refractivity contribution in [3.63, 3.8) is 0 Å². The Labute approximate surface area is 170 Å². The van der Waals surface area contributed by atoms with Crippen molar-refractivity contribution in [2.45, 2.75) is 4.90 Å². The number of sulfonamides is 1. The van der Waals surface area contributed by atoms with Gasteiger partial charge in [0.15, 0.2) is 0 Å². The minimum Gasteiger partial charge on any atom is -0.456 e. The van der Waals surface area contributed by atoms with Gasteiger partial charge in [0.25, 0.3) is 10.0 Å². The van der Waals surface area contributed by atoms with E-state index in [1.54, 1.807) is 0 Å². The lowest BCUT2D eigenvalue weighted by molar-refractivity contribution is 0.480. The van der Waals surface area contributed by atoms with Crippen molar-refractivity contribution >= 4 is 33.1 Å². The molecular weight excluding hydrogens is 419 g/mol. The Morgan fingerprint density at radius 1 is 1.21 bits per heavy atom. The predicted molar refractivity (Wildman–Crippen MR) is 104 cm³/mol. The summed E-state index contributed by atoms with van der Waals surface area (Å²) in [6, 6.07) is 12.2. The molecule has 10 heteroatoms. The van der Waals surface area contributed by atoms with E-state index in [1.807, 2.05) is 6.07 Å². The second-order valence-corrected chi connectivity index (χ2v) is 7.65. The minimum absolute atomic E-state index is 0.0367. The first-order chi connectivity index (χ1) is 13.8. The van der Waals surface area contributed by atoms with Crippen LogP contribution in [0.2, 0.25) is 5.02 Å². The molecule has 0 amide bonds. The molecule has 0 radical (unpaired) electrons. The molecule has 1 heterocycles. The van der Waals surface area contributed by atoms with Crippen LogP contribution in [-0.4, -0.2) is 13.4 Å². The van der Waals surface area contributed by atoms with E-state index in [1.165, 1.54) is 36.4 Å². The van der Waals surface area contributed by atoms with Crippen LogP contribution in [-0.2, 0) is 10.0 Å². The van der Waals surface area contributed by atoms with Gasteiger partial charge >= 0.3 is 0 Å². The Balaban J connectivity index is 1.88. The van der Waals surface area contributed by atoms with Crippen LogP contribution in [0.3, 0.4) is 0 Å². The molecule has 0 unspecified atom stereocenters. The lowest BCUT2D eigenvalue weighted by atomic mass is 10.2. The Morgan fingerprint density at radius 2 is 2.00 bits per heavy atom. The quantitative estimate of drug-likeness (QED) is 0.583. The zero-order chi connectivity index (χ0) is 21.0. The molecule has 2 aromatic carbocycles. The summed E-state index contributed by atoms with van der Waals surface area (Å²) in [7, 11) is -4.06. The number of nitrogens with one attached hydrogen (secondary N) is 1. The third-order valence-corrected chi connectivity index (χ3v) is 5.27. The SMILES string of the molecule is [C-]#[N+]c1ccc(Oc2ccc(S(=O)(=O)Nc3ccc(F)cn3)cc2C#N)cc1Cl. The molecule has 0 aliphatic rings. The highest BCUT2D eigenvalue weighted by Gasteiger charge is 2.18. The van der Waals surface area contributed by atoms with Crippen LogP contribution in [0.1, 0.15) is 5.56 Å². The number of rotatable bonds is 5. The predicted octanol–water partition coefficient (Wildman–Crippen LogP) is 4.89. The second-order valence-electron chi connectivity index (χ2n) is 5.56. The largest absolute Gasteiger partial charge is 0.456 e. The Kier molecular flexibility index (Phi) is 5.64. The lowest BCUT2D eigenvalue weighted by Gasteiger charge is -2.11. The van der Waals surface area contributed by atoms with Gasteiger partial charge in [-0.2, -0.15) is 5.26 Å². The first kappa shape index (κ1) is 20.1. The topological polar surface area (TPSA) is 96.4 Å². The van der Waals surface area contributed by atoms with Crippen molar-refractivity contribution in [3.05, 3.63) is 82.5 Å². The summed E-state index contributed by atoms with van der Waals surface area (Å²) in [6.45, 7) is 6.98. The summed E-state index contributed by atoms with van der Waals surface area (Å²) in [5, 5.41) is 9.56. The van der Waals surface area contributed by atoms with Crippen LogP contribution in [0.25, 0.3) is 4.85 Å². The molecule has 7 nitrogen and oxygen atoms in total. The summed E-state index contributed by atoms with van der Waals surface area (Å²) >= 11 is 5.97. The van der Waals surface area contributed by atoms with Gasteiger partial charge in [-0.25, -0.2) is 22.6 Å². The number of nitriles is 1. The normalized spacial score (nSPS) is 10.6. The Bertz CT molecular complexity index is 1270. The molecule has 0 aliphatic heterocycles. The van der Waals surface area contributed by atoms with Gasteiger partial charge < -0.3 is 4.74 Å². The summed E-state index contributed by atoms with van der Waals surface area (Å²) in [5.41, 5.74) is 0.215. The van der Waals surface area contributed by atoms with E-state index in [-0.39, 0.29) is 38.5 Å². The van der Waals surface area contributed by atoms with Crippen molar-refractivity contribution in [1.82, 2.24) is 4.98 Å². The maximum atomic E-state index is 12.9. The summed E-state index contributed by atoms with van der Waals surface area (Å²) < 4.78 is 45.7. The fourth-order valence-corrected chi connectivity index (χ4v) is 3.50. The number of ether oxygens (including phenoxy) is 1. The molecule has 0 fully saturated rings. The van der Waals surface area contributed by atoms with E-state index >= 15 is 0 Å². The fourth-order valence-electron chi connectivity index (χ4n) is 2.25. The van der Waals surface area contributed by atoms with Crippen LogP contribution in [0.5, 0.6) is 11.5 Å². The van der Waals surface area contributed by atoms with Gasteiger partial charge in [-0.15, -0.1) is 0 Å². The standard InChI is InChI=1S/C19H10ClFN4O3S/c1-23-17-5-3-14(9-16(17)20)28-18-6-4-15(8-12(18)10-22)29(26,27)25-19-7-2-13(21)11-24-19/h2-9,11H,(H,24,25). The number of halogens is 2. The molecule has 3 aromatic rings. The van der Waals surface area contributed by atoms with Crippen molar-refractivity contribution in [2.75, 3.05) is 4.72 Å². The van der Waals surface area contributed by atoms with Crippen LogP contribution < -0.4 is 9.46 Å². The number of hydrogen-bond donors (Lipinski definition) is 1. The van der Waals surface area contributed by atoms with Crippen molar-refractivity contribution in [2.24, 2.45) is 0 Å². The summed E-state index contributed by atoms with van der Waals surface area (Å²) in [4.78, 5) is 6.68. The van der Waals surface area contributed by atoms with Gasteiger partial charge in [0, 0.05) is 0 Å². The van der Waals surface area contributed by atoms with Crippen LogP contribution in [0.15, 0.2) is 59.6 Å². The molecule has 0 saturated carbocycles. The van der Waals surface area contributed by atoms with Crippen LogP contribution >= 0.6 is 11.6 Å². The number of anilines is 1. The Hall–Kier alpha value is -3.66. The number of benzene rings is 2. The molecular formula is C19H10ClFN4O3S. The van der Waals surface area contributed by atoms with Crippen LogP contribution in [0, 0.1) is 23.7 Å². The van der Waals surface area contributed by atoms with Gasteiger partial charge in [0.1, 0.15) is 29.2 Å². The smallest absolute Gasteiger partial charge is 0.263 e.